The molecule has 156 valence electrons. The molecule has 1 N–H and O–H groups in total. The predicted molar refractivity (Wildman–Crippen MR) is 115 cm³/mol. The molecule has 1 amide bonds. The van der Waals surface area contributed by atoms with Gasteiger partial charge in [0.2, 0.25) is 5.13 Å². The highest BCUT2D eigenvalue weighted by atomic mass is 35.5. The highest BCUT2D eigenvalue weighted by Crippen LogP contribution is 2.28. The lowest BCUT2D eigenvalue weighted by molar-refractivity contribution is -0.384. The van der Waals surface area contributed by atoms with Gasteiger partial charge in [-0.15, -0.1) is 11.3 Å². The third kappa shape index (κ3) is 4.30. The van der Waals surface area contributed by atoms with E-state index in [0.29, 0.717) is 22.3 Å². The number of rotatable bonds is 5. The van der Waals surface area contributed by atoms with Gasteiger partial charge in [-0.2, -0.15) is 9.78 Å². The first-order valence-corrected chi connectivity index (χ1v) is 10.1. The van der Waals surface area contributed by atoms with Crippen LogP contribution in [0.1, 0.15) is 16.1 Å². The van der Waals surface area contributed by atoms with Crippen molar-refractivity contribution in [2.45, 2.75) is 6.92 Å². The number of amides is 1. The Bertz CT molecular complexity index is 1300. The molecule has 2 aromatic carbocycles. The van der Waals surface area contributed by atoms with Crippen LogP contribution in [-0.4, -0.2) is 25.6 Å². The van der Waals surface area contributed by atoms with Gasteiger partial charge in [-0.25, -0.2) is 9.37 Å². The molecule has 0 aliphatic carbocycles. The lowest BCUT2D eigenvalue weighted by Gasteiger charge is -2.08. The van der Waals surface area contributed by atoms with Crippen molar-refractivity contribution < 1.29 is 14.1 Å². The van der Waals surface area contributed by atoms with Gasteiger partial charge < -0.3 is 5.32 Å². The van der Waals surface area contributed by atoms with E-state index in [1.807, 2.05) is 0 Å². The van der Waals surface area contributed by atoms with Crippen molar-refractivity contribution in [1.29, 1.82) is 0 Å². The minimum absolute atomic E-state index is 0.0348. The second-order valence-corrected chi connectivity index (χ2v) is 7.72. The van der Waals surface area contributed by atoms with Crippen molar-refractivity contribution in [2.24, 2.45) is 0 Å². The summed E-state index contributed by atoms with van der Waals surface area (Å²) in [7, 11) is 0. The second kappa shape index (κ2) is 8.25. The number of aryl methyl sites for hydroxylation is 1. The van der Waals surface area contributed by atoms with Gasteiger partial charge in [0.05, 0.1) is 26.9 Å². The number of aromatic nitrogens is 3. The Morgan fingerprint density at radius 3 is 2.68 bits per heavy atom. The molecule has 4 aromatic rings. The van der Waals surface area contributed by atoms with Gasteiger partial charge in [0.25, 0.3) is 11.6 Å². The van der Waals surface area contributed by atoms with E-state index in [1.165, 1.54) is 40.3 Å². The average molecular weight is 458 g/mol. The Morgan fingerprint density at radius 1 is 1.23 bits per heavy atom. The highest BCUT2D eigenvalue weighted by Gasteiger charge is 2.19. The molecule has 0 saturated carbocycles. The molecule has 0 aliphatic rings. The largest absolute Gasteiger partial charge is 0.306 e. The zero-order chi connectivity index (χ0) is 22.1. The summed E-state index contributed by atoms with van der Waals surface area (Å²) >= 11 is 7.35. The van der Waals surface area contributed by atoms with Crippen LogP contribution in [-0.2, 0) is 0 Å². The van der Waals surface area contributed by atoms with E-state index in [1.54, 1.807) is 30.5 Å². The monoisotopic (exact) mass is 457 g/mol. The second-order valence-electron chi connectivity index (χ2n) is 6.48. The van der Waals surface area contributed by atoms with Gasteiger partial charge in [-0.3, -0.25) is 14.9 Å². The Hall–Kier alpha value is -3.63. The molecule has 0 unspecified atom stereocenters. The maximum atomic E-state index is 13.2. The Morgan fingerprint density at radius 2 is 1.97 bits per heavy atom. The van der Waals surface area contributed by atoms with Crippen LogP contribution in [0.4, 0.5) is 15.9 Å². The standard InChI is InChI=1S/C20H13ClFN5O3S/c1-11-8-18(24-19(28)15-9-14(27(29)30)6-7-16(15)21)26(25-11)20-23-17(10-31-20)12-2-4-13(22)5-3-12/h2-10H,1H3,(H,24,28). The number of nitro groups is 1. The Kier molecular flexibility index (Phi) is 5.49. The number of thiazole rings is 1. The fraction of sp³-hybridized carbons (Fsp3) is 0.0500. The summed E-state index contributed by atoms with van der Waals surface area (Å²) in [5.41, 5.74) is 1.71. The molecular formula is C20H13ClFN5O3S. The van der Waals surface area contributed by atoms with Gasteiger partial charge in [-0.1, -0.05) is 11.6 Å². The summed E-state index contributed by atoms with van der Waals surface area (Å²) in [6.45, 7) is 1.75. The zero-order valence-electron chi connectivity index (χ0n) is 15.9. The minimum atomic E-state index is -0.620. The fourth-order valence-corrected chi connectivity index (χ4v) is 3.83. The lowest BCUT2D eigenvalue weighted by atomic mass is 10.2. The summed E-state index contributed by atoms with van der Waals surface area (Å²) in [5, 5.41) is 20.4. The number of nitrogens with zero attached hydrogens (tertiary/aromatic N) is 4. The maximum Gasteiger partial charge on any atom is 0.270 e. The molecule has 2 heterocycles. The van der Waals surface area contributed by atoms with Gasteiger partial charge in [0.1, 0.15) is 11.6 Å². The molecule has 0 spiro atoms. The number of carbonyl (C=O) groups is 1. The summed E-state index contributed by atoms with van der Waals surface area (Å²) in [5.74, 6) is -0.637. The average Bonchev–Trinajstić information content (AvgIpc) is 3.35. The first-order valence-electron chi connectivity index (χ1n) is 8.85. The first-order chi connectivity index (χ1) is 14.8. The van der Waals surface area contributed by atoms with Crippen LogP contribution >= 0.6 is 22.9 Å². The molecule has 0 radical (unpaired) electrons. The van der Waals surface area contributed by atoms with Gasteiger partial charge in [0, 0.05) is 29.1 Å². The normalized spacial score (nSPS) is 10.8. The van der Waals surface area contributed by atoms with Crippen LogP contribution in [0.5, 0.6) is 0 Å². The molecule has 0 atom stereocenters. The zero-order valence-corrected chi connectivity index (χ0v) is 17.4. The van der Waals surface area contributed by atoms with Crippen molar-refractivity contribution in [1.82, 2.24) is 14.8 Å². The van der Waals surface area contributed by atoms with Crippen LogP contribution in [0.15, 0.2) is 53.9 Å². The maximum absolute atomic E-state index is 13.2. The number of nitro benzene ring substituents is 1. The number of carbonyl (C=O) groups excluding carboxylic acids is 1. The van der Waals surface area contributed by atoms with Gasteiger partial charge in [0.15, 0.2) is 0 Å². The van der Waals surface area contributed by atoms with Crippen LogP contribution in [0.25, 0.3) is 16.4 Å². The Balaban J connectivity index is 1.64. The topological polar surface area (TPSA) is 103 Å². The molecule has 0 saturated heterocycles. The van der Waals surface area contributed by atoms with Crippen LogP contribution in [0.2, 0.25) is 5.02 Å². The minimum Gasteiger partial charge on any atom is -0.306 e. The predicted octanol–water partition coefficient (Wildman–Crippen LogP) is 5.26. The van der Waals surface area contributed by atoms with Crippen molar-refractivity contribution in [3.63, 3.8) is 0 Å². The van der Waals surface area contributed by atoms with Crippen LogP contribution in [0.3, 0.4) is 0 Å². The van der Waals surface area contributed by atoms with E-state index in [0.717, 1.165) is 11.6 Å². The van der Waals surface area contributed by atoms with E-state index < -0.39 is 10.8 Å². The van der Waals surface area contributed by atoms with E-state index >= 15 is 0 Å². The fourth-order valence-electron chi connectivity index (χ4n) is 2.83. The van der Waals surface area contributed by atoms with Gasteiger partial charge >= 0.3 is 0 Å². The molecule has 31 heavy (non-hydrogen) atoms. The smallest absolute Gasteiger partial charge is 0.270 e. The summed E-state index contributed by atoms with van der Waals surface area (Å²) < 4.78 is 14.6. The molecule has 8 nitrogen and oxygen atoms in total. The molecular weight excluding hydrogens is 445 g/mol. The van der Waals surface area contributed by atoms with E-state index in [2.05, 4.69) is 15.4 Å². The molecule has 0 fully saturated rings. The molecule has 2 aromatic heterocycles. The van der Waals surface area contributed by atoms with E-state index in [9.17, 15) is 19.3 Å². The summed E-state index contributed by atoms with van der Waals surface area (Å²) in [6, 6.07) is 11.2. The number of hydrogen-bond acceptors (Lipinski definition) is 6. The summed E-state index contributed by atoms with van der Waals surface area (Å²) in [6.07, 6.45) is 0. The third-order valence-corrected chi connectivity index (χ3v) is 5.44. The van der Waals surface area contributed by atoms with Gasteiger partial charge in [-0.05, 0) is 37.3 Å². The van der Waals surface area contributed by atoms with Crippen molar-refractivity contribution in [3.05, 3.63) is 86.1 Å². The first kappa shape index (κ1) is 20.6. The highest BCUT2D eigenvalue weighted by molar-refractivity contribution is 7.12. The third-order valence-electron chi connectivity index (χ3n) is 4.29. The van der Waals surface area contributed by atoms with Crippen molar-refractivity contribution in [2.75, 3.05) is 5.32 Å². The van der Waals surface area contributed by atoms with E-state index in [-0.39, 0.29) is 22.1 Å². The number of nitrogens with one attached hydrogen (secondary N) is 1. The number of benzene rings is 2. The van der Waals surface area contributed by atoms with Crippen LogP contribution < -0.4 is 5.32 Å². The number of halogens is 2. The quantitative estimate of drug-likeness (QED) is 0.325. The lowest BCUT2D eigenvalue weighted by Crippen LogP contribution is -2.15. The molecule has 4 rings (SSSR count). The number of anilines is 1. The number of hydrogen-bond donors (Lipinski definition) is 1. The SMILES string of the molecule is Cc1cc(NC(=O)c2cc([N+](=O)[O-])ccc2Cl)n(-c2nc(-c3ccc(F)cc3)cs2)n1. The van der Waals surface area contributed by atoms with Crippen molar-refractivity contribution >= 4 is 40.4 Å². The van der Waals surface area contributed by atoms with Crippen LogP contribution in [0, 0.1) is 22.9 Å². The van der Waals surface area contributed by atoms with Crippen molar-refractivity contribution in [3.8, 4) is 16.4 Å². The number of non-ortho nitro benzene ring substituents is 1. The molecule has 11 heteroatoms. The molecule has 0 bridgehead atoms. The van der Waals surface area contributed by atoms with E-state index in [4.69, 9.17) is 11.6 Å². The molecule has 0 aliphatic heterocycles. The Labute approximate surface area is 184 Å². The summed E-state index contributed by atoms with van der Waals surface area (Å²) in [4.78, 5) is 27.7.